The van der Waals surface area contributed by atoms with Crippen molar-refractivity contribution in [1.82, 2.24) is 20.0 Å². The molecule has 1 amide bonds. The lowest BCUT2D eigenvalue weighted by atomic mass is 10.3. The summed E-state index contributed by atoms with van der Waals surface area (Å²) in [6.07, 6.45) is 4.27. The van der Waals surface area contributed by atoms with E-state index in [-0.39, 0.29) is 5.91 Å². The van der Waals surface area contributed by atoms with Gasteiger partial charge in [0.15, 0.2) is 5.11 Å². The molecule has 1 fully saturated rings. The van der Waals surface area contributed by atoms with E-state index in [1.165, 1.54) is 0 Å². The average molecular weight is 280 g/mol. The lowest BCUT2D eigenvalue weighted by Gasteiger charge is -2.12. The summed E-state index contributed by atoms with van der Waals surface area (Å²) in [6, 6.07) is 1.83. The summed E-state index contributed by atoms with van der Waals surface area (Å²) in [4.78, 5) is 13.7. The number of thiocarbonyl (C=S) groups is 1. The number of methoxy groups -OCH3 is 1. The van der Waals surface area contributed by atoms with Crippen LogP contribution in [-0.2, 0) is 16.6 Å². The van der Waals surface area contributed by atoms with Crippen LogP contribution >= 0.6 is 12.2 Å². The Bertz CT molecular complexity index is 524. The maximum absolute atomic E-state index is 12.2. The van der Waals surface area contributed by atoms with Crippen molar-refractivity contribution < 1.29 is 9.53 Å². The molecule has 1 aliphatic heterocycles. The van der Waals surface area contributed by atoms with E-state index in [1.54, 1.807) is 22.8 Å². The van der Waals surface area contributed by atoms with Gasteiger partial charge in [-0.15, -0.1) is 0 Å². The molecule has 0 spiro atoms. The molecule has 1 aromatic rings. The first-order valence-electron chi connectivity index (χ1n) is 5.95. The fourth-order valence-electron chi connectivity index (χ4n) is 1.80. The van der Waals surface area contributed by atoms with Gasteiger partial charge in [-0.25, -0.2) is 0 Å². The first-order chi connectivity index (χ1) is 9.11. The Kier molecular flexibility index (Phi) is 4.28. The number of carbonyl (C=O) groups is 1. The lowest BCUT2D eigenvalue weighted by molar-refractivity contribution is -0.122. The second kappa shape index (κ2) is 5.94. The average Bonchev–Trinajstić information content (AvgIpc) is 2.88. The Morgan fingerprint density at radius 2 is 2.37 bits per heavy atom. The third kappa shape index (κ3) is 3.18. The third-order valence-corrected chi connectivity index (χ3v) is 3.04. The monoisotopic (exact) mass is 280 g/mol. The van der Waals surface area contributed by atoms with Gasteiger partial charge in [-0.05, 0) is 30.8 Å². The SMILES string of the molecule is COCCCN1C(=O)/C(=C\c2ccn(C)n2)NC1=S. The number of nitrogens with one attached hydrogen (secondary N) is 1. The Labute approximate surface area is 117 Å². The van der Waals surface area contributed by atoms with Gasteiger partial charge in [0.1, 0.15) is 5.70 Å². The first kappa shape index (κ1) is 13.7. The molecule has 6 nitrogen and oxygen atoms in total. The Hall–Kier alpha value is -1.73. The highest BCUT2D eigenvalue weighted by atomic mass is 32.1. The summed E-state index contributed by atoms with van der Waals surface area (Å²) in [5, 5.41) is 7.55. The number of hydrogen-bond acceptors (Lipinski definition) is 4. The van der Waals surface area contributed by atoms with Crippen molar-refractivity contribution >= 4 is 29.3 Å². The Morgan fingerprint density at radius 1 is 1.58 bits per heavy atom. The van der Waals surface area contributed by atoms with Crippen LogP contribution in [0.25, 0.3) is 6.08 Å². The van der Waals surface area contributed by atoms with Crippen LogP contribution in [0, 0.1) is 0 Å². The molecule has 1 saturated heterocycles. The van der Waals surface area contributed by atoms with E-state index in [0.717, 1.165) is 12.1 Å². The summed E-state index contributed by atoms with van der Waals surface area (Å²) in [6.45, 7) is 1.16. The molecule has 1 N–H and O–H groups in total. The lowest BCUT2D eigenvalue weighted by Crippen LogP contribution is -2.32. The van der Waals surface area contributed by atoms with Crippen molar-refractivity contribution in [2.24, 2.45) is 7.05 Å². The molecule has 0 radical (unpaired) electrons. The van der Waals surface area contributed by atoms with Gasteiger partial charge in [-0.1, -0.05) is 0 Å². The zero-order valence-corrected chi connectivity index (χ0v) is 11.7. The maximum Gasteiger partial charge on any atom is 0.276 e. The molecular formula is C12H16N4O2S. The molecule has 0 saturated carbocycles. The first-order valence-corrected chi connectivity index (χ1v) is 6.36. The largest absolute Gasteiger partial charge is 0.385 e. The molecule has 2 rings (SSSR count). The van der Waals surface area contributed by atoms with Crippen LogP contribution in [0.15, 0.2) is 18.0 Å². The minimum absolute atomic E-state index is 0.119. The van der Waals surface area contributed by atoms with Crippen LogP contribution in [0.1, 0.15) is 12.1 Å². The molecule has 7 heteroatoms. The standard InChI is InChI=1S/C12H16N4O2S/c1-15-6-4-9(14-15)8-10-11(17)16(12(19)13-10)5-3-7-18-2/h4,6,8H,3,5,7H2,1-2H3,(H,13,19)/b10-8+. The van der Waals surface area contributed by atoms with Gasteiger partial charge in [-0.3, -0.25) is 14.4 Å². The number of aromatic nitrogens is 2. The fraction of sp³-hybridized carbons (Fsp3) is 0.417. The normalized spacial score (nSPS) is 17.4. The minimum Gasteiger partial charge on any atom is -0.385 e. The van der Waals surface area contributed by atoms with Crippen molar-refractivity contribution in [3.63, 3.8) is 0 Å². The van der Waals surface area contributed by atoms with Gasteiger partial charge < -0.3 is 10.1 Å². The van der Waals surface area contributed by atoms with Crippen molar-refractivity contribution in [3.05, 3.63) is 23.7 Å². The van der Waals surface area contributed by atoms with E-state index in [2.05, 4.69) is 10.4 Å². The number of rotatable bonds is 5. The van der Waals surface area contributed by atoms with Gasteiger partial charge in [0.2, 0.25) is 0 Å². The highest BCUT2D eigenvalue weighted by Gasteiger charge is 2.30. The van der Waals surface area contributed by atoms with Gasteiger partial charge in [-0.2, -0.15) is 5.10 Å². The minimum atomic E-state index is -0.119. The number of nitrogens with zero attached hydrogens (tertiary/aromatic N) is 3. The van der Waals surface area contributed by atoms with Crippen molar-refractivity contribution in [2.75, 3.05) is 20.3 Å². The van der Waals surface area contributed by atoms with Crippen LogP contribution in [0.2, 0.25) is 0 Å². The fourth-order valence-corrected chi connectivity index (χ4v) is 2.08. The van der Waals surface area contributed by atoms with E-state index in [9.17, 15) is 4.79 Å². The van der Waals surface area contributed by atoms with Crippen molar-refractivity contribution in [2.45, 2.75) is 6.42 Å². The number of ether oxygens (including phenoxy) is 1. The smallest absolute Gasteiger partial charge is 0.276 e. The second-order valence-corrected chi connectivity index (χ2v) is 4.59. The van der Waals surface area contributed by atoms with Crippen molar-refractivity contribution in [1.29, 1.82) is 0 Å². The number of hydrogen-bond donors (Lipinski definition) is 1. The number of aryl methyl sites for hydroxylation is 1. The van der Waals surface area contributed by atoms with Crippen LogP contribution < -0.4 is 5.32 Å². The molecule has 0 atom stereocenters. The summed E-state index contributed by atoms with van der Waals surface area (Å²) >= 11 is 5.15. The Morgan fingerprint density at radius 3 is 3.00 bits per heavy atom. The predicted octanol–water partition coefficient (Wildman–Crippen LogP) is 0.514. The van der Waals surface area contributed by atoms with E-state index < -0.39 is 0 Å². The topological polar surface area (TPSA) is 59.4 Å². The molecule has 0 aliphatic carbocycles. The van der Waals surface area contributed by atoms with E-state index >= 15 is 0 Å². The molecule has 0 bridgehead atoms. The molecule has 0 aromatic carbocycles. The highest BCUT2D eigenvalue weighted by molar-refractivity contribution is 7.80. The summed E-state index contributed by atoms with van der Waals surface area (Å²) in [7, 11) is 3.46. The highest BCUT2D eigenvalue weighted by Crippen LogP contribution is 2.13. The van der Waals surface area contributed by atoms with E-state index in [1.807, 2.05) is 19.3 Å². The quantitative estimate of drug-likeness (QED) is 0.484. The van der Waals surface area contributed by atoms with Crippen LogP contribution in [-0.4, -0.2) is 46.0 Å². The number of carbonyl (C=O) groups excluding carboxylic acids is 1. The van der Waals surface area contributed by atoms with Gasteiger partial charge in [0, 0.05) is 33.5 Å². The zero-order chi connectivity index (χ0) is 13.8. The summed E-state index contributed by atoms with van der Waals surface area (Å²) in [5.74, 6) is -0.119. The second-order valence-electron chi connectivity index (χ2n) is 4.21. The van der Waals surface area contributed by atoms with E-state index in [4.69, 9.17) is 17.0 Å². The van der Waals surface area contributed by atoms with Crippen LogP contribution in [0.4, 0.5) is 0 Å². The zero-order valence-electron chi connectivity index (χ0n) is 10.9. The molecule has 1 aromatic heterocycles. The van der Waals surface area contributed by atoms with Gasteiger partial charge >= 0.3 is 0 Å². The predicted molar refractivity (Wildman–Crippen MR) is 75.1 cm³/mol. The van der Waals surface area contributed by atoms with E-state index in [0.29, 0.717) is 24.0 Å². The van der Waals surface area contributed by atoms with Gasteiger partial charge in [0.05, 0.1) is 5.69 Å². The number of amides is 1. The molecule has 1 aliphatic rings. The molecule has 0 unspecified atom stereocenters. The third-order valence-electron chi connectivity index (χ3n) is 2.72. The molecular weight excluding hydrogens is 264 g/mol. The van der Waals surface area contributed by atoms with Crippen molar-refractivity contribution in [3.8, 4) is 0 Å². The Balaban J connectivity index is 2.07. The molecule has 19 heavy (non-hydrogen) atoms. The molecule has 102 valence electrons. The molecule has 2 heterocycles. The van der Waals surface area contributed by atoms with Crippen LogP contribution in [0.5, 0.6) is 0 Å². The summed E-state index contributed by atoms with van der Waals surface area (Å²) in [5.41, 5.74) is 1.18. The van der Waals surface area contributed by atoms with Gasteiger partial charge in [0.25, 0.3) is 5.91 Å². The van der Waals surface area contributed by atoms with Crippen LogP contribution in [0.3, 0.4) is 0 Å². The maximum atomic E-state index is 12.2. The summed E-state index contributed by atoms with van der Waals surface area (Å²) < 4.78 is 6.65.